The van der Waals surface area contributed by atoms with Gasteiger partial charge in [-0.25, -0.2) is 4.79 Å². The van der Waals surface area contributed by atoms with Crippen molar-refractivity contribution in [1.82, 2.24) is 10.5 Å². The van der Waals surface area contributed by atoms with Gasteiger partial charge in [-0.15, -0.1) is 0 Å². The molecule has 1 aromatic heterocycles. The summed E-state index contributed by atoms with van der Waals surface area (Å²) in [7, 11) is 0. The summed E-state index contributed by atoms with van der Waals surface area (Å²) in [5.41, 5.74) is 0.634. The number of aliphatic hydroxyl groups excluding tert-OH is 1. The second-order valence-electron chi connectivity index (χ2n) is 4.23. The number of nitrogens with zero attached hydrogens (tertiary/aromatic N) is 1. The predicted octanol–water partition coefficient (Wildman–Crippen LogP) is 2.49. The van der Waals surface area contributed by atoms with Crippen LogP contribution in [-0.2, 0) is 0 Å². The molecule has 0 bridgehead atoms. The molecule has 0 saturated heterocycles. The van der Waals surface area contributed by atoms with E-state index in [1.807, 2.05) is 0 Å². The van der Waals surface area contributed by atoms with Gasteiger partial charge in [0, 0.05) is 17.6 Å². The number of rotatable bonds is 4. The highest BCUT2D eigenvalue weighted by Crippen LogP contribution is 2.17. The second-order valence-corrected chi connectivity index (χ2v) is 4.67. The normalized spacial score (nSPS) is 11.9. The third kappa shape index (κ3) is 3.97. The Balaban J connectivity index is 1.84. The number of anilines is 1. The van der Waals surface area contributed by atoms with Crippen molar-refractivity contribution >= 4 is 23.4 Å². The number of amides is 2. The molecule has 6 nitrogen and oxygen atoms in total. The lowest BCUT2D eigenvalue weighted by molar-refractivity contribution is 0.175. The molecule has 0 aliphatic rings. The fraction of sp³-hybridized carbons (Fsp3) is 0.231. The molecule has 2 rings (SSSR count). The van der Waals surface area contributed by atoms with Crippen molar-refractivity contribution in [3.8, 4) is 0 Å². The number of carbonyl (C=O) groups is 1. The van der Waals surface area contributed by atoms with Gasteiger partial charge < -0.3 is 14.9 Å². The second kappa shape index (κ2) is 6.40. The topological polar surface area (TPSA) is 87.4 Å². The van der Waals surface area contributed by atoms with E-state index in [-0.39, 0.29) is 6.54 Å². The molecule has 0 radical (unpaired) electrons. The maximum Gasteiger partial charge on any atom is 0.320 e. The van der Waals surface area contributed by atoms with Gasteiger partial charge in [-0.3, -0.25) is 5.32 Å². The predicted molar refractivity (Wildman–Crippen MR) is 74.7 cm³/mol. The van der Waals surface area contributed by atoms with Gasteiger partial charge in [-0.05, 0) is 24.6 Å². The lowest BCUT2D eigenvalue weighted by Crippen LogP contribution is -2.32. The molecule has 0 unspecified atom stereocenters. The third-order valence-corrected chi connectivity index (χ3v) is 2.79. The first-order valence-electron chi connectivity index (χ1n) is 5.96. The van der Waals surface area contributed by atoms with E-state index in [2.05, 4.69) is 15.8 Å². The highest BCUT2D eigenvalue weighted by atomic mass is 35.5. The first kappa shape index (κ1) is 14.4. The maximum absolute atomic E-state index is 11.6. The highest BCUT2D eigenvalue weighted by Gasteiger charge is 2.11. The summed E-state index contributed by atoms with van der Waals surface area (Å²) in [6.45, 7) is 1.78. The molecule has 0 fully saturated rings. The zero-order valence-corrected chi connectivity index (χ0v) is 11.5. The van der Waals surface area contributed by atoms with Gasteiger partial charge in [0.2, 0.25) is 0 Å². The quantitative estimate of drug-likeness (QED) is 0.808. The molecule has 7 heteroatoms. The molecule has 1 aromatic carbocycles. The Morgan fingerprint density at radius 3 is 2.95 bits per heavy atom. The molecule has 2 amide bonds. The fourth-order valence-electron chi connectivity index (χ4n) is 1.61. The zero-order valence-electron chi connectivity index (χ0n) is 10.8. The van der Waals surface area contributed by atoms with Gasteiger partial charge in [0.25, 0.3) is 0 Å². The van der Waals surface area contributed by atoms with Gasteiger partial charge >= 0.3 is 6.03 Å². The molecule has 1 atom stereocenters. The fourth-order valence-corrected chi connectivity index (χ4v) is 1.81. The van der Waals surface area contributed by atoms with Crippen molar-refractivity contribution < 1.29 is 14.4 Å². The highest BCUT2D eigenvalue weighted by molar-refractivity contribution is 6.30. The third-order valence-electron chi connectivity index (χ3n) is 2.56. The lowest BCUT2D eigenvalue weighted by Gasteiger charge is -2.12. The number of nitrogens with one attached hydrogen (secondary N) is 2. The van der Waals surface area contributed by atoms with E-state index < -0.39 is 12.1 Å². The maximum atomic E-state index is 11.6. The van der Waals surface area contributed by atoms with Crippen LogP contribution >= 0.6 is 11.6 Å². The monoisotopic (exact) mass is 295 g/mol. The number of hydrogen-bond acceptors (Lipinski definition) is 4. The van der Waals surface area contributed by atoms with Crippen molar-refractivity contribution in [1.29, 1.82) is 0 Å². The van der Waals surface area contributed by atoms with Crippen molar-refractivity contribution in [3.63, 3.8) is 0 Å². The Hall–Kier alpha value is -2.05. The van der Waals surface area contributed by atoms with E-state index in [4.69, 9.17) is 16.1 Å². The molecule has 20 heavy (non-hydrogen) atoms. The van der Waals surface area contributed by atoms with Crippen molar-refractivity contribution in [2.45, 2.75) is 13.0 Å². The molecule has 3 N–H and O–H groups in total. The standard InChI is InChI=1S/C13H14ClN3O3/c1-8-5-12(17-20-8)16-13(19)15-7-11(18)9-3-2-4-10(14)6-9/h2-6,11,18H,7H2,1H3,(H2,15,16,17,19)/t11-/m0/s1. The van der Waals surface area contributed by atoms with Crippen LogP contribution < -0.4 is 10.6 Å². The Labute approximate surface area is 120 Å². The molecule has 2 aromatic rings. The Bertz CT molecular complexity index is 600. The first-order chi connectivity index (χ1) is 9.54. The van der Waals surface area contributed by atoms with Gasteiger partial charge in [0.1, 0.15) is 5.76 Å². The number of carbonyl (C=O) groups excluding carboxylic acids is 1. The van der Waals surface area contributed by atoms with Crippen LogP contribution in [0.2, 0.25) is 5.02 Å². The summed E-state index contributed by atoms with van der Waals surface area (Å²) >= 11 is 5.83. The smallest absolute Gasteiger partial charge is 0.320 e. The average Bonchev–Trinajstić information content (AvgIpc) is 2.81. The molecule has 0 saturated carbocycles. The van der Waals surface area contributed by atoms with E-state index >= 15 is 0 Å². The summed E-state index contributed by atoms with van der Waals surface area (Å²) in [4.78, 5) is 11.6. The van der Waals surface area contributed by atoms with Crippen LogP contribution in [0.3, 0.4) is 0 Å². The van der Waals surface area contributed by atoms with E-state index in [1.54, 1.807) is 37.3 Å². The Kier molecular flexibility index (Phi) is 4.60. The number of benzene rings is 1. The number of hydrogen-bond donors (Lipinski definition) is 3. The summed E-state index contributed by atoms with van der Waals surface area (Å²) in [6.07, 6.45) is -0.835. The van der Waals surface area contributed by atoms with Crippen LogP contribution in [0.15, 0.2) is 34.9 Å². The summed E-state index contributed by atoms with van der Waals surface area (Å²) in [5, 5.41) is 19.1. The SMILES string of the molecule is Cc1cc(NC(=O)NC[C@H](O)c2cccc(Cl)c2)no1. The Morgan fingerprint density at radius 2 is 2.30 bits per heavy atom. The van der Waals surface area contributed by atoms with Gasteiger partial charge in [-0.2, -0.15) is 0 Å². The first-order valence-corrected chi connectivity index (χ1v) is 6.34. The number of aromatic nitrogens is 1. The molecule has 106 valence electrons. The van der Waals surface area contributed by atoms with E-state index in [1.165, 1.54) is 0 Å². The van der Waals surface area contributed by atoms with Gasteiger partial charge in [-0.1, -0.05) is 28.9 Å². The van der Waals surface area contributed by atoms with Crippen molar-refractivity contribution in [3.05, 3.63) is 46.7 Å². The van der Waals surface area contributed by atoms with E-state index in [0.717, 1.165) is 0 Å². The van der Waals surface area contributed by atoms with Crippen LogP contribution in [-0.4, -0.2) is 22.8 Å². The number of halogens is 1. The number of aryl methyl sites for hydroxylation is 1. The van der Waals surface area contributed by atoms with Crippen LogP contribution in [0.4, 0.5) is 10.6 Å². The minimum Gasteiger partial charge on any atom is -0.387 e. The van der Waals surface area contributed by atoms with Gasteiger partial charge in [0.05, 0.1) is 6.10 Å². The van der Waals surface area contributed by atoms with E-state index in [9.17, 15) is 9.90 Å². The minimum atomic E-state index is -0.835. The van der Waals surface area contributed by atoms with E-state index in [0.29, 0.717) is 22.2 Å². The Morgan fingerprint density at radius 1 is 1.50 bits per heavy atom. The molecule has 1 heterocycles. The van der Waals surface area contributed by atoms with Crippen molar-refractivity contribution in [2.75, 3.05) is 11.9 Å². The molecule has 0 aliphatic carbocycles. The van der Waals surface area contributed by atoms with Gasteiger partial charge in [0.15, 0.2) is 5.82 Å². The van der Waals surface area contributed by atoms with Crippen LogP contribution in [0, 0.1) is 6.92 Å². The molecular formula is C13H14ClN3O3. The lowest BCUT2D eigenvalue weighted by atomic mass is 10.1. The van der Waals surface area contributed by atoms with Crippen LogP contribution in [0.5, 0.6) is 0 Å². The largest absolute Gasteiger partial charge is 0.387 e. The molecule has 0 aliphatic heterocycles. The molecular weight excluding hydrogens is 282 g/mol. The number of urea groups is 1. The van der Waals surface area contributed by atoms with Crippen LogP contribution in [0.25, 0.3) is 0 Å². The summed E-state index contributed by atoms with van der Waals surface area (Å²) < 4.78 is 4.82. The number of aliphatic hydroxyl groups is 1. The van der Waals surface area contributed by atoms with Crippen LogP contribution in [0.1, 0.15) is 17.4 Å². The zero-order chi connectivity index (χ0) is 14.5. The van der Waals surface area contributed by atoms with Crippen molar-refractivity contribution in [2.24, 2.45) is 0 Å². The minimum absolute atomic E-state index is 0.0585. The summed E-state index contributed by atoms with van der Waals surface area (Å²) in [6, 6.07) is 7.94. The summed E-state index contributed by atoms with van der Waals surface area (Å²) in [5.74, 6) is 0.913. The average molecular weight is 296 g/mol. The molecule has 0 spiro atoms.